The number of ether oxygens (including phenoxy) is 3. The second-order valence-electron chi connectivity index (χ2n) is 11.7. The number of nitrogens with two attached hydrogens (primary N) is 1. The molecule has 1 aliphatic rings. The van der Waals surface area contributed by atoms with Crippen LogP contribution in [-0.2, 0) is 23.4 Å². The highest BCUT2D eigenvalue weighted by Gasteiger charge is 2.51. The van der Waals surface area contributed by atoms with Gasteiger partial charge in [0.15, 0.2) is 6.23 Å². The van der Waals surface area contributed by atoms with Gasteiger partial charge < -0.3 is 24.4 Å². The monoisotopic (exact) mass is 646 g/mol. The van der Waals surface area contributed by atoms with E-state index in [0.29, 0.717) is 0 Å². The highest BCUT2D eigenvalue weighted by Crippen LogP contribution is 2.38. The topological polar surface area (TPSA) is 184 Å². The molecular formula is C32H38N6O7Si. The molecule has 1 unspecified atom stereocenters. The number of benzene rings is 2. The summed E-state index contributed by atoms with van der Waals surface area (Å²) in [5, 5.41) is 5.44. The van der Waals surface area contributed by atoms with E-state index < -0.39 is 50.2 Å². The van der Waals surface area contributed by atoms with Crippen LogP contribution >= 0.6 is 0 Å². The second kappa shape index (κ2) is 15.2. The molecule has 3 aromatic rings. The number of hydrogen-bond acceptors (Lipinski definition) is 9. The molecule has 0 bridgehead atoms. The van der Waals surface area contributed by atoms with E-state index in [0.717, 1.165) is 10.4 Å². The largest absolute Gasteiger partial charge is 0.463 e. The number of carbonyl (C=O) groups excluding carboxylic acids is 1. The minimum atomic E-state index is -3.01. The molecule has 0 amide bonds. The van der Waals surface area contributed by atoms with Gasteiger partial charge in [0.2, 0.25) is 0 Å². The molecule has 2 aromatic carbocycles. The molecule has 14 heteroatoms. The van der Waals surface area contributed by atoms with Crippen LogP contribution in [0.15, 0.2) is 81.6 Å². The smallest absolute Gasteiger partial charge is 0.330 e. The number of H-pyrrole nitrogens is 1. The number of nitrogens with zero attached hydrogens (tertiary/aromatic N) is 4. The Hall–Kier alpha value is -4.48. The standard InChI is InChI=1S/C32H38N6O7Si/c1-22(39)42-21-28(36-37-34)44-26-18-29(38-19-23(12-11-17-33)30(40)35-31(38)41)45-27(26)20-43-46(32(2,3)4,24-13-7-5-8-14-24)25-15-9-6-10-16-25/h5-10,13-16,19,26-29H,17-18,20-21,33H2,1-4H3,(H,35,40,41)/t26-,27-,28?,29-/m1/s1. The first-order valence-electron chi connectivity index (χ1n) is 14.8. The number of aromatic amines is 1. The Bertz CT molecular complexity index is 1680. The lowest BCUT2D eigenvalue weighted by molar-refractivity contribution is -0.148. The van der Waals surface area contributed by atoms with Crippen molar-refractivity contribution < 1.29 is 23.4 Å². The average molecular weight is 647 g/mol. The third kappa shape index (κ3) is 7.83. The predicted octanol–water partition coefficient (Wildman–Crippen LogP) is 2.30. The molecule has 13 nitrogen and oxygen atoms in total. The van der Waals surface area contributed by atoms with Gasteiger partial charge in [0.25, 0.3) is 13.9 Å². The van der Waals surface area contributed by atoms with Crippen LogP contribution in [0.25, 0.3) is 10.4 Å². The number of aromatic nitrogens is 2. The van der Waals surface area contributed by atoms with Gasteiger partial charge in [0, 0.05) is 24.5 Å². The highest BCUT2D eigenvalue weighted by atomic mass is 28.4. The summed E-state index contributed by atoms with van der Waals surface area (Å²) in [4.78, 5) is 42.0. The summed E-state index contributed by atoms with van der Waals surface area (Å²) in [5.41, 5.74) is 13.3. The first kappa shape index (κ1) is 34.4. The van der Waals surface area contributed by atoms with E-state index in [4.69, 9.17) is 24.4 Å². The summed E-state index contributed by atoms with van der Waals surface area (Å²) < 4.78 is 26.0. The molecule has 4 rings (SSSR count). The lowest BCUT2D eigenvalue weighted by Crippen LogP contribution is -2.67. The average Bonchev–Trinajstić information content (AvgIpc) is 3.42. The van der Waals surface area contributed by atoms with Gasteiger partial charge >= 0.3 is 11.7 Å². The van der Waals surface area contributed by atoms with E-state index in [2.05, 4.69) is 71.9 Å². The lowest BCUT2D eigenvalue weighted by atomic mass is 10.2. The zero-order chi connectivity index (χ0) is 33.3. The van der Waals surface area contributed by atoms with Crippen molar-refractivity contribution in [1.29, 1.82) is 0 Å². The Morgan fingerprint density at radius 3 is 2.35 bits per heavy atom. The molecule has 0 saturated carbocycles. The predicted molar refractivity (Wildman–Crippen MR) is 174 cm³/mol. The number of azide groups is 1. The minimum Gasteiger partial charge on any atom is -0.463 e. The molecule has 4 atom stereocenters. The van der Waals surface area contributed by atoms with E-state index in [9.17, 15) is 19.9 Å². The second-order valence-corrected chi connectivity index (χ2v) is 16.0. The van der Waals surface area contributed by atoms with Crippen molar-refractivity contribution in [3.63, 3.8) is 0 Å². The van der Waals surface area contributed by atoms with Gasteiger partial charge in [-0.2, -0.15) is 0 Å². The van der Waals surface area contributed by atoms with Crippen molar-refractivity contribution >= 4 is 24.7 Å². The fourth-order valence-electron chi connectivity index (χ4n) is 5.62. The fourth-order valence-corrected chi connectivity index (χ4v) is 10.2. The lowest BCUT2D eigenvalue weighted by Gasteiger charge is -2.43. The van der Waals surface area contributed by atoms with Crippen molar-refractivity contribution in [2.24, 2.45) is 10.8 Å². The summed E-state index contributed by atoms with van der Waals surface area (Å²) in [6.45, 7) is 7.42. The Morgan fingerprint density at radius 2 is 1.80 bits per heavy atom. The first-order valence-corrected chi connectivity index (χ1v) is 16.7. The van der Waals surface area contributed by atoms with E-state index in [1.54, 1.807) is 0 Å². The molecule has 0 spiro atoms. The van der Waals surface area contributed by atoms with Crippen molar-refractivity contribution in [1.82, 2.24) is 9.55 Å². The Morgan fingerprint density at radius 1 is 1.17 bits per heavy atom. The van der Waals surface area contributed by atoms with Crippen LogP contribution in [0, 0.1) is 11.8 Å². The summed E-state index contributed by atoms with van der Waals surface area (Å²) in [6, 6.07) is 20.1. The van der Waals surface area contributed by atoms with Gasteiger partial charge in [-0.05, 0) is 20.9 Å². The molecule has 2 heterocycles. The van der Waals surface area contributed by atoms with Crippen LogP contribution in [0.2, 0.25) is 5.04 Å². The normalized spacial score (nSPS) is 18.6. The third-order valence-electron chi connectivity index (χ3n) is 7.61. The van der Waals surface area contributed by atoms with Gasteiger partial charge in [-0.1, -0.05) is 98.4 Å². The summed E-state index contributed by atoms with van der Waals surface area (Å²) >= 11 is 0. The molecule has 0 aliphatic carbocycles. The molecule has 1 aromatic heterocycles. The summed E-state index contributed by atoms with van der Waals surface area (Å²) in [5.74, 6) is 4.72. The fraction of sp³-hybridized carbons (Fsp3) is 0.406. The van der Waals surface area contributed by atoms with Gasteiger partial charge in [0.1, 0.15) is 24.5 Å². The third-order valence-corrected chi connectivity index (χ3v) is 12.6. The van der Waals surface area contributed by atoms with E-state index in [1.165, 1.54) is 17.7 Å². The number of rotatable bonds is 11. The number of nitrogens with one attached hydrogen (secondary N) is 1. The summed E-state index contributed by atoms with van der Waals surface area (Å²) in [7, 11) is -3.01. The number of carbonyl (C=O) groups is 1. The Balaban J connectivity index is 1.75. The number of esters is 1. The summed E-state index contributed by atoms with van der Waals surface area (Å²) in [6.07, 6.45) is -2.18. The maximum Gasteiger partial charge on any atom is 0.330 e. The molecular weight excluding hydrogens is 608 g/mol. The van der Waals surface area contributed by atoms with Crippen LogP contribution in [-0.4, -0.2) is 62.0 Å². The maximum atomic E-state index is 13.0. The zero-order valence-corrected chi connectivity index (χ0v) is 27.2. The van der Waals surface area contributed by atoms with Gasteiger partial charge in [0.05, 0.1) is 19.3 Å². The molecule has 1 saturated heterocycles. The van der Waals surface area contributed by atoms with E-state index >= 15 is 0 Å². The molecule has 1 aliphatic heterocycles. The van der Waals surface area contributed by atoms with Gasteiger partial charge in [-0.3, -0.25) is 19.1 Å². The van der Waals surface area contributed by atoms with Crippen LogP contribution in [0.3, 0.4) is 0 Å². The van der Waals surface area contributed by atoms with E-state index in [-0.39, 0.29) is 36.8 Å². The SMILES string of the molecule is CC(=O)OCC(N=[N+]=[N-])O[C@@H]1C[C@H](n2cc(C#CCN)c(=O)[nH]c2=O)O[C@@H]1CO[Si](c1ccccc1)(c1ccccc1)C(C)(C)C. The first-order chi connectivity index (χ1) is 22.0. The minimum absolute atomic E-state index is 0.0270. The Kier molecular flexibility index (Phi) is 11.4. The molecule has 46 heavy (non-hydrogen) atoms. The van der Waals surface area contributed by atoms with Crippen LogP contribution in [0.1, 0.15) is 45.9 Å². The van der Waals surface area contributed by atoms with Crippen molar-refractivity contribution in [3.05, 3.63) is 104 Å². The molecule has 0 radical (unpaired) electrons. The molecule has 242 valence electrons. The van der Waals surface area contributed by atoms with Gasteiger partial charge in [-0.15, -0.1) is 0 Å². The molecule has 3 N–H and O–H groups in total. The number of hydrogen-bond donors (Lipinski definition) is 2. The maximum absolute atomic E-state index is 13.0. The van der Waals surface area contributed by atoms with Crippen LogP contribution in [0.4, 0.5) is 0 Å². The van der Waals surface area contributed by atoms with Crippen LogP contribution < -0.4 is 27.4 Å². The van der Waals surface area contributed by atoms with E-state index in [1.807, 2.05) is 36.4 Å². The van der Waals surface area contributed by atoms with Crippen molar-refractivity contribution in [3.8, 4) is 11.8 Å². The van der Waals surface area contributed by atoms with Crippen molar-refractivity contribution in [2.75, 3.05) is 19.8 Å². The van der Waals surface area contributed by atoms with Crippen molar-refractivity contribution in [2.45, 2.75) is 63.8 Å². The molecule has 1 fully saturated rings. The quantitative estimate of drug-likeness (QED) is 0.0794. The van der Waals surface area contributed by atoms with Gasteiger partial charge in [-0.25, -0.2) is 4.79 Å². The Labute approximate surface area is 267 Å². The van der Waals surface area contributed by atoms with Crippen LogP contribution in [0.5, 0.6) is 0 Å². The zero-order valence-electron chi connectivity index (χ0n) is 26.2. The highest BCUT2D eigenvalue weighted by molar-refractivity contribution is 6.99.